The van der Waals surface area contributed by atoms with Crippen LogP contribution in [0.3, 0.4) is 0 Å². The van der Waals surface area contributed by atoms with E-state index in [9.17, 15) is 0 Å². The third-order valence-corrected chi connectivity index (χ3v) is 4.97. The first-order chi connectivity index (χ1) is 11.5. The standard InChI is InChI=1S/C20H22Cl2N2/c1-12-6-7-15(13(2)9-12)20-16(5-3-4-8-23)19-17(22)10-14(21)11-18(19)24-20/h6-7,9-11,24H,3-5,8,23H2,1-2H3. The van der Waals surface area contributed by atoms with Gasteiger partial charge in [0.1, 0.15) is 0 Å². The second-order valence-electron chi connectivity index (χ2n) is 6.35. The topological polar surface area (TPSA) is 41.8 Å². The summed E-state index contributed by atoms with van der Waals surface area (Å²) in [4.78, 5) is 3.55. The number of H-pyrrole nitrogens is 1. The SMILES string of the molecule is Cc1ccc(-c2[nH]c3cc(Cl)cc(Cl)c3c2CCCCN)c(C)c1. The predicted molar refractivity (Wildman–Crippen MR) is 105 cm³/mol. The molecule has 0 aliphatic rings. The van der Waals surface area contributed by atoms with Crippen molar-refractivity contribution in [1.82, 2.24) is 4.98 Å². The minimum atomic E-state index is 0.648. The van der Waals surface area contributed by atoms with Crippen LogP contribution in [0, 0.1) is 13.8 Å². The summed E-state index contributed by atoms with van der Waals surface area (Å²) in [6.07, 6.45) is 2.99. The highest BCUT2D eigenvalue weighted by molar-refractivity contribution is 6.39. The maximum absolute atomic E-state index is 6.52. The Hall–Kier alpha value is -1.48. The molecule has 3 rings (SSSR count). The van der Waals surface area contributed by atoms with Gasteiger partial charge in [-0.2, -0.15) is 0 Å². The molecule has 0 aliphatic heterocycles. The molecule has 0 atom stereocenters. The number of hydrogen-bond acceptors (Lipinski definition) is 1. The van der Waals surface area contributed by atoms with E-state index in [1.807, 2.05) is 12.1 Å². The van der Waals surface area contributed by atoms with Crippen LogP contribution in [-0.2, 0) is 6.42 Å². The largest absolute Gasteiger partial charge is 0.354 e. The first-order valence-electron chi connectivity index (χ1n) is 8.28. The fraction of sp³-hybridized carbons (Fsp3) is 0.300. The van der Waals surface area contributed by atoms with E-state index in [0.29, 0.717) is 16.6 Å². The van der Waals surface area contributed by atoms with Crippen molar-refractivity contribution < 1.29 is 0 Å². The average Bonchev–Trinajstić information content (AvgIpc) is 2.86. The van der Waals surface area contributed by atoms with Gasteiger partial charge in [0.15, 0.2) is 0 Å². The molecule has 0 spiro atoms. The lowest BCUT2D eigenvalue weighted by Gasteiger charge is -2.09. The van der Waals surface area contributed by atoms with Gasteiger partial charge in [-0.1, -0.05) is 47.0 Å². The number of halogens is 2. The number of hydrogen-bond donors (Lipinski definition) is 2. The number of aromatic nitrogens is 1. The molecule has 1 aromatic heterocycles. The molecule has 0 saturated carbocycles. The summed E-state index contributed by atoms with van der Waals surface area (Å²) in [6.45, 7) is 4.97. The number of benzene rings is 2. The zero-order chi connectivity index (χ0) is 17.3. The van der Waals surface area contributed by atoms with Gasteiger partial charge in [0.25, 0.3) is 0 Å². The molecule has 126 valence electrons. The average molecular weight is 361 g/mol. The summed E-state index contributed by atoms with van der Waals surface area (Å²) in [5.41, 5.74) is 12.8. The van der Waals surface area contributed by atoms with E-state index in [-0.39, 0.29) is 0 Å². The van der Waals surface area contributed by atoms with Crippen LogP contribution < -0.4 is 5.73 Å². The summed E-state index contributed by atoms with van der Waals surface area (Å²) in [5.74, 6) is 0. The Morgan fingerprint density at radius 1 is 1.04 bits per heavy atom. The van der Waals surface area contributed by atoms with Crippen molar-refractivity contribution in [3.05, 3.63) is 57.1 Å². The van der Waals surface area contributed by atoms with Gasteiger partial charge >= 0.3 is 0 Å². The lowest BCUT2D eigenvalue weighted by Crippen LogP contribution is -1.99. The van der Waals surface area contributed by atoms with Crippen LogP contribution in [0.25, 0.3) is 22.2 Å². The van der Waals surface area contributed by atoms with E-state index in [2.05, 4.69) is 37.0 Å². The monoisotopic (exact) mass is 360 g/mol. The molecule has 2 aromatic carbocycles. The Labute approximate surface area is 153 Å². The van der Waals surface area contributed by atoms with Gasteiger partial charge in [-0.3, -0.25) is 0 Å². The highest BCUT2D eigenvalue weighted by atomic mass is 35.5. The molecular formula is C20H22Cl2N2. The summed E-state index contributed by atoms with van der Waals surface area (Å²) in [5, 5.41) is 2.43. The second-order valence-corrected chi connectivity index (χ2v) is 7.20. The van der Waals surface area contributed by atoms with E-state index in [1.54, 1.807) is 0 Å². The van der Waals surface area contributed by atoms with Gasteiger partial charge in [0, 0.05) is 21.5 Å². The van der Waals surface area contributed by atoms with Crippen molar-refractivity contribution in [2.24, 2.45) is 5.73 Å². The Kier molecular flexibility index (Phi) is 5.19. The zero-order valence-electron chi connectivity index (χ0n) is 14.0. The molecule has 0 amide bonds. The molecule has 0 aliphatic carbocycles. The third kappa shape index (κ3) is 3.32. The van der Waals surface area contributed by atoms with Gasteiger partial charge in [0.2, 0.25) is 0 Å². The quantitative estimate of drug-likeness (QED) is 0.535. The molecule has 0 fully saturated rings. The number of nitrogens with one attached hydrogen (secondary N) is 1. The Bertz CT molecular complexity index is 881. The lowest BCUT2D eigenvalue weighted by atomic mass is 9.96. The van der Waals surface area contributed by atoms with E-state index in [1.165, 1.54) is 22.3 Å². The van der Waals surface area contributed by atoms with Gasteiger partial charge in [-0.15, -0.1) is 0 Å². The number of aromatic amines is 1. The van der Waals surface area contributed by atoms with Gasteiger partial charge in [-0.25, -0.2) is 0 Å². The summed E-state index contributed by atoms with van der Waals surface area (Å²) >= 11 is 12.7. The van der Waals surface area contributed by atoms with Crippen LogP contribution in [0.2, 0.25) is 10.0 Å². The van der Waals surface area contributed by atoms with E-state index >= 15 is 0 Å². The van der Waals surface area contributed by atoms with E-state index in [0.717, 1.165) is 35.9 Å². The molecule has 0 radical (unpaired) electrons. The zero-order valence-corrected chi connectivity index (χ0v) is 15.6. The third-order valence-electron chi connectivity index (χ3n) is 4.45. The van der Waals surface area contributed by atoms with Crippen LogP contribution in [0.4, 0.5) is 0 Å². The molecule has 0 bridgehead atoms. The molecule has 4 heteroatoms. The molecule has 3 N–H and O–H groups in total. The number of fused-ring (bicyclic) bond motifs is 1. The number of aryl methyl sites for hydroxylation is 3. The Morgan fingerprint density at radius 2 is 1.83 bits per heavy atom. The predicted octanol–water partition coefficient (Wildman–Crippen LogP) is 6.04. The molecule has 24 heavy (non-hydrogen) atoms. The van der Waals surface area contributed by atoms with Crippen molar-refractivity contribution in [3.63, 3.8) is 0 Å². The maximum Gasteiger partial charge on any atom is 0.0517 e. The van der Waals surface area contributed by atoms with Crippen LogP contribution in [0.15, 0.2) is 30.3 Å². The maximum atomic E-state index is 6.52. The summed E-state index contributed by atoms with van der Waals surface area (Å²) in [7, 11) is 0. The van der Waals surface area contributed by atoms with E-state index < -0.39 is 0 Å². The number of unbranched alkanes of at least 4 members (excludes halogenated alkanes) is 1. The normalized spacial score (nSPS) is 11.4. The van der Waals surface area contributed by atoms with Crippen molar-refractivity contribution in [1.29, 1.82) is 0 Å². The van der Waals surface area contributed by atoms with Gasteiger partial charge in [-0.05, 0) is 62.9 Å². The summed E-state index contributed by atoms with van der Waals surface area (Å²) in [6, 6.07) is 10.3. The number of rotatable bonds is 5. The van der Waals surface area contributed by atoms with Crippen LogP contribution in [-0.4, -0.2) is 11.5 Å². The van der Waals surface area contributed by atoms with Crippen molar-refractivity contribution >= 4 is 34.1 Å². The van der Waals surface area contributed by atoms with Gasteiger partial charge in [0.05, 0.1) is 10.7 Å². The molecular weight excluding hydrogens is 339 g/mol. The minimum Gasteiger partial charge on any atom is -0.354 e. The minimum absolute atomic E-state index is 0.648. The summed E-state index contributed by atoms with van der Waals surface area (Å²) < 4.78 is 0. The van der Waals surface area contributed by atoms with Crippen LogP contribution in [0.5, 0.6) is 0 Å². The van der Waals surface area contributed by atoms with Crippen molar-refractivity contribution in [3.8, 4) is 11.3 Å². The van der Waals surface area contributed by atoms with Crippen molar-refractivity contribution in [2.75, 3.05) is 6.54 Å². The lowest BCUT2D eigenvalue weighted by molar-refractivity contribution is 0.748. The Morgan fingerprint density at radius 3 is 2.54 bits per heavy atom. The fourth-order valence-corrected chi connectivity index (χ4v) is 3.94. The second kappa shape index (κ2) is 7.18. The van der Waals surface area contributed by atoms with Crippen molar-refractivity contribution in [2.45, 2.75) is 33.1 Å². The first kappa shape index (κ1) is 17.3. The molecule has 0 saturated heterocycles. The highest BCUT2D eigenvalue weighted by Gasteiger charge is 2.17. The molecule has 1 heterocycles. The number of nitrogens with two attached hydrogens (primary N) is 1. The first-order valence-corrected chi connectivity index (χ1v) is 9.04. The van der Waals surface area contributed by atoms with Crippen LogP contribution in [0.1, 0.15) is 29.5 Å². The van der Waals surface area contributed by atoms with Crippen LogP contribution >= 0.6 is 23.2 Å². The molecule has 2 nitrogen and oxygen atoms in total. The Balaban J connectivity index is 2.21. The molecule has 0 unspecified atom stereocenters. The van der Waals surface area contributed by atoms with E-state index in [4.69, 9.17) is 28.9 Å². The fourth-order valence-electron chi connectivity index (χ4n) is 3.33. The molecule has 3 aromatic rings. The highest BCUT2D eigenvalue weighted by Crippen LogP contribution is 2.38. The smallest absolute Gasteiger partial charge is 0.0517 e. The van der Waals surface area contributed by atoms with Gasteiger partial charge < -0.3 is 10.7 Å².